The minimum atomic E-state index is -0.259. The summed E-state index contributed by atoms with van der Waals surface area (Å²) >= 11 is 1.42. The second-order valence-electron chi connectivity index (χ2n) is 4.15. The summed E-state index contributed by atoms with van der Waals surface area (Å²) in [5, 5.41) is 10.1. The quantitative estimate of drug-likeness (QED) is 0.837. The molecule has 0 aliphatic carbocycles. The molecule has 0 aromatic carbocycles. The first-order chi connectivity index (χ1) is 7.00. The lowest BCUT2D eigenvalue weighted by Gasteiger charge is -2.15. The molecule has 0 bridgehead atoms. The van der Waals surface area contributed by atoms with Crippen molar-refractivity contribution in [2.24, 2.45) is 0 Å². The molecular weight excluding hydrogens is 210 g/mol. The number of aromatic nitrogens is 2. The predicted octanol–water partition coefficient (Wildman–Crippen LogP) is 1.87. The Kier molecular flexibility index (Phi) is 4.47. The summed E-state index contributed by atoms with van der Waals surface area (Å²) in [6.45, 7) is 6.78. The first kappa shape index (κ1) is 12.4. The molecule has 86 valence electrons. The van der Waals surface area contributed by atoms with E-state index in [0.717, 1.165) is 23.9 Å². The summed E-state index contributed by atoms with van der Waals surface area (Å²) in [6.07, 6.45) is 0.498. The molecule has 0 spiro atoms. The van der Waals surface area contributed by atoms with Crippen LogP contribution in [-0.4, -0.2) is 34.2 Å². The fourth-order valence-corrected chi connectivity index (χ4v) is 1.88. The van der Waals surface area contributed by atoms with E-state index >= 15 is 0 Å². The highest BCUT2D eigenvalue weighted by Gasteiger charge is 2.11. The minimum absolute atomic E-state index is 0.259. The van der Waals surface area contributed by atoms with Crippen LogP contribution in [0.2, 0.25) is 0 Å². The summed E-state index contributed by atoms with van der Waals surface area (Å²) < 4.78 is 4.29. The van der Waals surface area contributed by atoms with Crippen molar-refractivity contribution in [3.63, 3.8) is 0 Å². The molecule has 0 fully saturated rings. The van der Waals surface area contributed by atoms with Crippen LogP contribution in [0.3, 0.4) is 0 Å². The Morgan fingerprint density at radius 2 is 2.07 bits per heavy atom. The predicted molar refractivity (Wildman–Crippen MR) is 63.6 cm³/mol. The van der Waals surface area contributed by atoms with E-state index < -0.39 is 0 Å². The van der Waals surface area contributed by atoms with Gasteiger partial charge in [-0.25, -0.2) is 4.98 Å². The maximum absolute atomic E-state index is 9.18. The molecule has 1 atom stereocenters. The van der Waals surface area contributed by atoms with Crippen LogP contribution in [0.5, 0.6) is 0 Å². The fourth-order valence-electron chi connectivity index (χ4n) is 1.09. The third kappa shape index (κ3) is 3.76. The number of aliphatic hydroxyl groups excluding tert-OH is 1. The topological polar surface area (TPSA) is 49.2 Å². The van der Waals surface area contributed by atoms with Crippen molar-refractivity contribution >= 4 is 16.7 Å². The molecule has 0 aliphatic rings. The standard InChI is InChI=1S/C10H19N3OS/c1-7(2)9-11-10(15-12-9)13(4)6-5-8(3)14/h7-8,14H,5-6H2,1-4H3. The Balaban J connectivity index is 2.54. The van der Waals surface area contributed by atoms with Gasteiger partial charge in [0.05, 0.1) is 6.10 Å². The highest BCUT2D eigenvalue weighted by atomic mass is 32.1. The number of anilines is 1. The molecule has 0 amide bonds. The zero-order valence-corrected chi connectivity index (χ0v) is 10.6. The molecule has 0 radical (unpaired) electrons. The molecule has 0 aliphatic heterocycles. The largest absolute Gasteiger partial charge is 0.393 e. The normalized spacial score (nSPS) is 13.2. The molecule has 1 unspecified atom stereocenters. The number of nitrogens with zero attached hydrogens (tertiary/aromatic N) is 3. The maximum atomic E-state index is 9.18. The molecule has 1 aromatic rings. The molecule has 1 rings (SSSR count). The highest BCUT2D eigenvalue weighted by Crippen LogP contribution is 2.20. The van der Waals surface area contributed by atoms with Gasteiger partial charge in [0.25, 0.3) is 0 Å². The lowest BCUT2D eigenvalue weighted by molar-refractivity contribution is 0.187. The third-order valence-corrected chi connectivity index (χ3v) is 3.00. The van der Waals surface area contributed by atoms with E-state index in [2.05, 4.69) is 23.2 Å². The van der Waals surface area contributed by atoms with E-state index in [1.165, 1.54) is 11.5 Å². The number of rotatable bonds is 5. The van der Waals surface area contributed by atoms with E-state index in [0.29, 0.717) is 5.92 Å². The van der Waals surface area contributed by atoms with Crippen LogP contribution in [0, 0.1) is 0 Å². The Hall–Kier alpha value is -0.680. The molecule has 0 saturated heterocycles. The van der Waals surface area contributed by atoms with Gasteiger partial charge in [0.1, 0.15) is 5.82 Å². The molecule has 1 aromatic heterocycles. The summed E-state index contributed by atoms with van der Waals surface area (Å²) in [4.78, 5) is 6.48. The number of hydrogen-bond acceptors (Lipinski definition) is 5. The van der Waals surface area contributed by atoms with Gasteiger partial charge in [-0.1, -0.05) is 13.8 Å². The SMILES string of the molecule is CC(O)CCN(C)c1nc(C(C)C)ns1. The minimum Gasteiger partial charge on any atom is -0.393 e. The average Bonchev–Trinajstić information content (AvgIpc) is 2.62. The summed E-state index contributed by atoms with van der Waals surface area (Å²) in [5.41, 5.74) is 0. The van der Waals surface area contributed by atoms with Crippen LogP contribution in [0.4, 0.5) is 5.13 Å². The van der Waals surface area contributed by atoms with E-state index in [4.69, 9.17) is 0 Å². The molecule has 5 heteroatoms. The second kappa shape index (κ2) is 5.42. The van der Waals surface area contributed by atoms with Gasteiger partial charge < -0.3 is 10.0 Å². The van der Waals surface area contributed by atoms with Crippen molar-refractivity contribution in [2.75, 3.05) is 18.5 Å². The van der Waals surface area contributed by atoms with Crippen LogP contribution in [-0.2, 0) is 0 Å². The lowest BCUT2D eigenvalue weighted by Crippen LogP contribution is -2.21. The molecular formula is C10H19N3OS. The summed E-state index contributed by atoms with van der Waals surface area (Å²) in [7, 11) is 1.98. The maximum Gasteiger partial charge on any atom is 0.204 e. The van der Waals surface area contributed by atoms with Crippen LogP contribution in [0.15, 0.2) is 0 Å². The van der Waals surface area contributed by atoms with E-state index in [1.807, 2.05) is 11.9 Å². The summed E-state index contributed by atoms with van der Waals surface area (Å²) in [6, 6.07) is 0. The van der Waals surface area contributed by atoms with Gasteiger partial charge in [-0.2, -0.15) is 4.37 Å². The van der Waals surface area contributed by atoms with Gasteiger partial charge in [0.2, 0.25) is 5.13 Å². The fraction of sp³-hybridized carbons (Fsp3) is 0.800. The molecule has 0 saturated carbocycles. The smallest absolute Gasteiger partial charge is 0.204 e. The van der Waals surface area contributed by atoms with Gasteiger partial charge in [0.15, 0.2) is 0 Å². The van der Waals surface area contributed by atoms with E-state index in [9.17, 15) is 5.11 Å². The van der Waals surface area contributed by atoms with Crippen molar-refractivity contribution in [2.45, 2.75) is 39.2 Å². The first-order valence-electron chi connectivity index (χ1n) is 5.23. The van der Waals surface area contributed by atoms with Gasteiger partial charge in [0, 0.05) is 31.0 Å². The zero-order chi connectivity index (χ0) is 11.4. The zero-order valence-electron chi connectivity index (χ0n) is 9.77. The van der Waals surface area contributed by atoms with Crippen molar-refractivity contribution in [3.05, 3.63) is 5.82 Å². The van der Waals surface area contributed by atoms with Gasteiger partial charge in [-0.3, -0.25) is 0 Å². The summed E-state index contributed by atoms with van der Waals surface area (Å²) in [5.74, 6) is 1.28. The first-order valence-corrected chi connectivity index (χ1v) is 6.01. The van der Waals surface area contributed by atoms with Gasteiger partial charge in [-0.15, -0.1) is 0 Å². The number of hydrogen-bond donors (Lipinski definition) is 1. The van der Waals surface area contributed by atoms with Crippen molar-refractivity contribution in [1.82, 2.24) is 9.36 Å². The monoisotopic (exact) mass is 229 g/mol. The Bertz CT molecular complexity index is 299. The average molecular weight is 229 g/mol. The molecule has 4 nitrogen and oxygen atoms in total. The third-order valence-electron chi connectivity index (χ3n) is 2.16. The van der Waals surface area contributed by atoms with Crippen molar-refractivity contribution in [3.8, 4) is 0 Å². The molecule has 1 N–H and O–H groups in total. The Morgan fingerprint density at radius 1 is 1.40 bits per heavy atom. The van der Waals surface area contributed by atoms with E-state index in [1.54, 1.807) is 6.92 Å². The van der Waals surface area contributed by atoms with Gasteiger partial charge >= 0.3 is 0 Å². The highest BCUT2D eigenvalue weighted by molar-refractivity contribution is 7.09. The van der Waals surface area contributed by atoms with Crippen LogP contribution in [0.25, 0.3) is 0 Å². The van der Waals surface area contributed by atoms with Crippen LogP contribution >= 0.6 is 11.5 Å². The Morgan fingerprint density at radius 3 is 2.53 bits per heavy atom. The number of aliphatic hydroxyl groups is 1. The van der Waals surface area contributed by atoms with Crippen molar-refractivity contribution < 1.29 is 5.11 Å². The molecule has 15 heavy (non-hydrogen) atoms. The van der Waals surface area contributed by atoms with Crippen molar-refractivity contribution in [1.29, 1.82) is 0 Å². The van der Waals surface area contributed by atoms with Crippen LogP contribution < -0.4 is 4.90 Å². The Labute approximate surface area is 95.1 Å². The van der Waals surface area contributed by atoms with E-state index in [-0.39, 0.29) is 6.10 Å². The van der Waals surface area contributed by atoms with Crippen LogP contribution in [0.1, 0.15) is 38.9 Å². The lowest BCUT2D eigenvalue weighted by atomic mass is 10.2. The second-order valence-corrected chi connectivity index (χ2v) is 4.88. The van der Waals surface area contributed by atoms with Gasteiger partial charge in [-0.05, 0) is 13.3 Å². The molecule has 1 heterocycles.